The molecule has 1 aromatic heterocycles. The largest absolute Gasteiger partial charge is 0.466 e. The number of rotatable bonds is 4. The van der Waals surface area contributed by atoms with Crippen molar-refractivity contribution in [1.29, 1.82) is 0 Å². The highest BCUT2D eigenvalue weighted by Crippen LogP contribution is 2.39. The predicted molar refractivity (Wildman–Crippen MR) is 64.6 cm³/mol. The van der Waals surface area contributed by atoms with Crippen molar-refractivity contribution in [1.82, 2.24) is 14.7 Å². The summed E-state index contributed by atoms with van der Waals surface area (Å²) in [6.45, 7) is 4.38. The van der Waals surface area contributed by atoms with Gasteiger partial charge in [0.25, 0.3) is 5.19 Å². The minimum Gasteiger partial charge on any atom is -0.466 e. The first-order valence-corrected chi connectivity index (χ1v) is 6.91. The minimum absolute atomic E-state index is 0.118. The molecule has 1 aromatic rings. The van der Waals surface area contributed by atoms with E-state index in [1.165, 1.54) is 24.4 Å². The van der Waals surface area contributed by atoms with E-state index in [2.05, 4.69) is 21.6 Å². The number of nitrogens with zero attached hydrogens (tertiary/aromatic N) is 2. The summed E-state index contributed by atoms with van der Waals surface area (Å²) in [5.41, 5.74) is 0. The monoisotopic (exact) mass is 255 g/mol. The van der Waals surface area contributed by atoms with Gasteiger partial charge in [-0.1, -0.05) is 0 Å². The summed E-state index contributed by atoms with van der Waals surface area (Å²) in [5.74, 6) is 1.55. The first-order chi connectivity index (χ1) is 8.31. The van der Waals surface area contributed by atoms with Gasteiger partial charge < -0.3 is 14.8 Å². The van der Waals surface area contributed by atoms with Crippen molar-refractivity contribution in [2.45, 2.75) is 37.9 Å². The molecule has 0 amide bonds. The molecule has 2 aliphatic rings. The van der Waals surface area contributed by atoms with Crippen molar-refractivity contribution in [2.75, 3.05) is 19.7 Å². The van der Waals surface area contributed by atoms with Crippen LogP contribution in [0.5, 0.6) is 5.19 Å². The van der Waals surface area contributed by atoms with Crippen LogP contribution in [0.2, 0.25) is 0 Å². The molecule has 1 N–H and O–H groups in total. The van der Waals surface area contributed by atoms with Gasteiger partial charge in [0.1, 0.15) is 18.5 Å². The molecule has 0 spiro atoms. The van der Waals surface area contributed by atoms with Crippen molar-refractivity contribution >= 4 is 11.5 Å². The van der Waals surface area contributed by atoms with Crippen LogP contribution in [0.25, 0.3) is 0 Å². The molecule has 94 valence electrons. The van der Waals surface area contributed by atoms with Crippen LogP contribution >= 0.6 is 11.5 Å². The van der Waals surface area contributed by atoms with Gasteiger partial charge in [-0.2, -0.15) is 9.36 Å². The molecule has 17 heavy (non-hydrogen) atoms. The Bertz CT molecular complexity index is 381. The fourth-order valence-corrected chi connectivity index (χ4v) is 2.54. The summed E-state index contributed by atoms with van der Waals surface area (Å²) in [4.78, 5) is 4.38. The molecule has 1 aliphatic heterocycles. The van der Waals surface area contributed by atoms with Crippen molar-refractivity contribution in [3.63, 3.8) is 0 Å². The topological polar surface area (TPSA) is 56.3 Å². The molecular formula is C11H17N3O2S. The van der Waals surface area contributed by atoms with Gasteiger partial charge >= 0.3 is 0 Å². The molecule has 2 unspecified atom stereocenters. The zero-order chi connectivity index (χ0) is 11.7. The number of aromatic nitrogens is 2. The van der Waals surface area contributed by atoms with Crippen molar-refractivity contribution in [3.8, 4) is 5.19 Å². The van der Waals surface area contributed by atoms with Crippen LogP contribution < -0.4 is 10.1 Å². The van der Waals surface area contributed by atoms with Crippen LogP contribution in [0.3, 0.4) is 0 Å². The molecule has 1 saturated heterocycles. The Balaban J connectivity index is 1.49. The molecular weight excluding hydrogens is 238 g/mol. The maximum atomic E-state index is 5.74. The van der Waals surface area contributed by atoms with E-state index in [-0.39, 0.29) is 12.2 Å². The summed E-state index contributed by atoms with van der Waals surface area (Å²) >= 11 is 1.35. The maximum Gasteiger partial charge on any atom is 0.293 e. The summed E-state index contributed by atoms with van der Waals surface area (Å²) in [5, 5.41) is 3.99. The van der Waals surface area contributed by atoms with Crippen LogP contribution in [0.4, 0.5) is 0 Å². The van der Waals surface area contributed by atoms with E-state index in [1.807, 2.05) is 0 Å². The van der Waals surface area contributed by atoms with Crippen LogP contribution in [0.1, 0.15) is 31.5 Å². The lowest BCUT2D eigenvalue weighted by atomic mass is 10.2. The first-order valence-electron chi connectivity index (χ1n) is 6.14. The molecule has 1 aliphatic carbocycles. The van der Waals surface area contributed by atoms with Gasteiger partial charge in [-0.3, -0.25) is 0 Å². The third kappa shape index (κ3) is 2.94. The normalized spacial score (nSPS) is 29.2. The molecule has 2 heterocycles. The molecule has 3 rings (SSSR count). The second-order valence-corrected chi connectivity index (χ2v) is 5.45. The second kappa shape index (κ2) is 4.88. The van der Waals surface area contributed by atoms with E-state index in [9.17, 15) is 0 Å². The van der Waals surface area contributed by atoms with E-state index in [1.54, 1.807) is 0 Å². The molecule has 0 bridgehead atoms. The fourth-order valence-electron chi connectivity index (χ4n) is 1.92. The summed E-state index contributed by atoms with van der Waals surface area (Å²) < 4.78 is 15.7. The number of hydrogen-bond donors (Lipinski definition) is 1. The number of morpholine rings is 1. The third-order valence-corrected chi connectivity index (χ3v) is 3.63. The molecule has 5 nitrogen and oxygen atoms in total. The minimum atomic E-state index is 0.118. The maximum absolute atomic E-state index is 5.74. The van der Waals surface area contributed by atoms with Gasteiger partial charge in [-0.15, -0.1) is 0 Å². The molecule has 6 heteroatoms. The van der Waals surface area contributed by atoms with Crippen LogP contribution in [0, 0.1) is 0 Å². The molecule has 1 saturated carbocycles. The SMILES string of the molecule is CC1CNCC(COc2nc(C3CC3)ns2)O1. The van der Waals surface area contributed by atoms with Gasteiger partial charge in [0, 0.05) is 30.5 Å². The van der Waals surface area contributed by atoms with Crippen molar-refractivity contribution < 1.29 is 9.47 Å². The van der Waals surface area contributed by atoms with E-state index in [0.717, 1.165) is 18.9 Å². The zero-order valence-electron chi connectivity index (χ0n) is 9.89. The number of ether oxygens (including phenoxy) is 2. The Morgan fingerprint density at radius 1 is 1.47 bits per heavy atom. The van der Waals surface area contributed by atoms with E-state index < -0.39 is 0 Å². The van der Waals surface area contributed by atoms with Crippen LogP contribution in [-0.2, 0) is 4.74 Å². The Morgan fingerprint density at radius 3 is 3.12 bits per heavy atom. The van der Waals surface area contributed by atoms with Gasteiger partial charge in [-0.05, 0) is 19.8 Å². The third-order valence-electron chi connectivity index (χ3n) is 2.99. The average molecular weight is 255 g/mol. The molecule has 0 radical (unpaired) electrons. The smallest absolute Gasteiger partial charge is 0.293 e. The Kier molecular flexibility index (Phi) is 3.26. The van der Waals surface area contributed by atoms with Gasteiger partial charge in [0.15, 0.2) is 0 Å². The second-order valence-electron chi connectivity index (χ2n) is 4.73. The Hall–Kier alpha value is -0.720. The zero-order valence-corrected chi connectivity index (χ0v) is 10.7. The van der Waals surface area contributed by atoms with E-state index in [4.69, 9.17) is 9.47 Å². The molecule has 0 aromatic carbocycles. The summed E-state index contributed by atoms with van der Waals surface area (Å²) in [7, 11) is 0. The lowest BCUT2D eigenvalue weighted by Gasteiger charge is -2.28. The molecule has 2 fully saturated rings. The van der Waals surface area contributed by atoms with E-state index in [0.29, 0.717) is 17.7 Å². The fraction of sp³-hybridized carbons (Fsp3) is 0.818. The van der Waals surface area contributed by atoms with E-state index >= 15 is 0 Å². The Morgan fingerprint density at radius 2 is 2.35 bits per heavy atom. The molecule has 2 atom stereocenters. The van der Waals surface area contributed by atoms with Gasteiger partial charge in [-0.25, -0.2) is 0 Å². The standard InChI is InChI=1S/C11H17N3O2S/c1-7-4-12-5-9(16-7)6-15-11-13-10(14-17-11)8-2-3-8/h7-9,12H,2-6H2,1H3. The number of nitrogens with one attached hydrogen (secondary N) is 1. The van der Waals surface area contributed by atoms with Crippen molar-refractivity contribution in [2.24, 2.45) is 0 Å². The lowest BCUT2D eigenvalue weighted by Crippen LogP contribution is -2.45. The predicted octanol–water partition coefficient (Wildman–Crippen LogP) is 1.17. The summed E-state index contributed by atoms with van der Waals surface area (Å²) in [6, 6.07) is 0. The van der Waals surface area contributed by atoms with Crippen molar-refractivity contribution in [3.05, 3.63) is 5.82 Å². The van der Waals surface area contributed by atoms with Gasteiger partial charge in [0.2, 0.25) is 0 Å². The highest BCUT2D eigenvalue weighted by molar-refractivity contribution is 7.07. The quantitative estimate of drug-likeness (QED) is 0.875. The van der Waals surface area contributed by atoms with Gasteiger partial charge in [0.05, 0.1) is 6.10 Å². The highest BCUT2D eigenvalue weighted by Gasteiger charge is 2.28. The first kappa shape index (κ1) is 11.4. The number of hydrogen-bond acceptors (Lipinski definition) is 6. The Labute approximate surface area is 105 Å². The highest BCUT2D eigenvalue weighted by atomic mass is 32.1. The van der Waals surface area contributed by atoms with Crippen LogP contribution in [0.15, 0.2) is 0 Å². The lowest BCUT2D eigenvalue weighted by molar-refractivity contribution is -0.0470. The summed E-state index contributed by atoms with van der Waals surface area (Å²) in [6.07, 6.45) is 2.83. The average Bonchev–Trinajstić information content (AvgIpc) is 3.07. The van der Waals surface area contributed by atoms with Crippen LogP contribution in [-0.4, -0.2) is 41.3 Å².